The number of nitrogens with one attached hydrogen (secondary N) is 1. The molecular formula is C14H19NO3. The van der Waals surface area contributed by atoms with Crippen LogP contribution in [0.3, 0.4) is 0 Å². The van der Waals surface area contributed by atoms with Crippen LogP contribution in [0.1, 0.15) is 31.1 Å². The van der Waals surface area contributed by atoms with Gasteiger partial charge in [-0.15, -0.1) is 0 Å². The second-order valence-corrected chi connectivity index (χ2v) is 4.47. The molecule has 2 atom stereocenters. The standard InChI is InChI=1S/C14H19NO3/c1-17-13(12-8-5-9-18-12)10-15-14(16)11-6-3-2-4-7-11/h2-3,5,8-9,11,13H,4,6-7,10H2,1H3,(H,15,16)/t11-,13-/m1/s1. The fourth-order valence-electron chi connectivity index (χ4n) is 2.14. The van der Waals surface area contributed by atoms with Gasteiger partial charge in [-0.3, -0.25) is 4.79 Å². The molecule has 0 saturated heterocycles. The van der Waals surface area contributed by atoms with Crippen LogP contribution < -0.4 is 5.32 Å². The molecule has 2 rings (SSSR count). The van der Waals surface area contributed by atoms with Gasteiger partial charge in [-0.2, -0.15) is 0 Å². The zero-order chi connectivity index (χ0) is 12.8. The second-order valence-electron chi connectivity index (χ2n) is 4.47. The predicted molar refractivity (Wildman–Crippen MR) is 67.9 cm³/mol. The number of furan rings is 1. The lowest BCUT2D eigenvalue weighted by molar-refractivity contribution is -0.125. The Morgan fingerprint density at radius 1 is 1.61 bits per heavy atom. The summed E-state index contributed by atoms with van der Waals surface area (Å²) in [5.41, 5.74) is 0. The highest BCUT2D eigenvalue weighted by Crippen LogP contribution is 2.19. The van der Waals surface area contributed by atoms with E-state index in [0.29, 0.717) is 6.54 Å². The molecule has 98 valence electrons. The molecule has 1 N–H and O–H groups in total. The van der Waals surface area contributed by atoms with Crippen LogP contribution in [0.2, 0.25) is 0 Å². The fourth-order valence-corrected chi connectivity index (χ4v) is 2.14. The van der Waals surface area contributed by atoms with Gasteiger partial charge in [-0.1, -0.05) is 12.2 Å². The molecule has 0 aliphatic heterocycles. The smallest absolute Gasteiger partial charge is 0.223 e. The monoisotopic (exact) mass is 249 g/mol. The van der Waals surface area contributed by atoms with E-state index in [-0.39, 0.29) is 17.9 Å². The van der Waals surface area contributed by atoms with Gasteiger partial charge in [-0.25, -0.2) is 0 Å². The van der Waals surface area contributed by atoms with Crippen molar-refractivity contribution in [2.45, 2.75) is 25.4 Å². The van der Waals surface area contributed by atoms with Crippen molar-refractivity contribution in [1.29, 1.82) is 0 Å². The third-order valence-electron chi connectivity index (χ3n) is 3.25. The Labute approximate surface area is 107 Å². The van der Waals surface area contributed by atoms with Crippen molar-refractivity contribution >= 4 is 5.91 Å². The highest BCUT2D eigenvalue weighted by Gasteiger charge is 2.20. The number of carbonyl (C=O) groups excluding carboxylic acids is 1. The molecule has 18 heavy (non-hydrogen) atoms. The number of methoxy groups -OCH3 is 1. The van der Waals surface area contributed by atoms with E-state index in [2.05, 4.69) is 17.5 Å². The Balaban J connectivity index is 1.82. The van der Waals surface area contributed by atoms with Crippen LogP contribution in [0.4, 0.5) is 0 Å². The first-order chi connectivity index (χ1) is 8.81. The van der Waals surface area contributed by atoms with E-state index in [9.17, 15) is 4.79 Å². The fraction of sp³-hybridized carbons (Fsp3) is 0.500. The lowest BCUT2D eigenvalue weighted by atomic mass is 9.93. The Bertz CT molecular complexity index is 397. The normalized spacial score (nSPS) is 20.6. The molecule has 1 aromatic rings. The quantitative estimate of drug-likeness (QED) is 0.815. The number of rotatable bonds is 5. The highest BCUT2D eigenvalue weighted by molar-refractivity contribution is 5.79. The summed E-state index contributed by atoms with van der Waals surface area (Å²) >= 11 is 0. The van der Waals surface area contributed by atoms with E-state index in [4.69, 9.17) is 9.15 Å². The lowest BCUT2D eigenvalue weighted by Crippen LogP contribution is -2.34. The molecule has 1 amide bonds. The minimum atomic E-state index is -0.219. The van der Waals surface area contributed by atoms with Crippen LogP contribution in [0.15, 0.2) is 35.0 Å². The highest BCUT2D eigenvalue weighted by atomic mass is 16.5. The summed E-state index contributed by atoms with van der Waals surface area (Å²) in [6.07, 6.45) is 8.35. The minimum absolute atomic E-state index is 0.101. The summed E-state index contributed by atoms with van der Waals surface area (Å²) in [4.78, 5) is 12.0. The number of ether oxygens (including phenoxy) is 1. The van der Waals surface area contributed by atoms with E-state index < -0.39 is 0 Å². The average molecular weight is 249 g/mol. The van der Waals surface area contributed by atoms with Crippen molar-refractivity contribution in [3.8, 4) is 0 Å². The van der Waals surface area contributed by atoms with Crippen LogP contribution >= 0.6 is 0 Å². The van der Waals surface area contributed by atoms with E-state index in [1.807, 2.05) is 12.1 Å². The van der Waals surface area contributed by atoms with Crippen molar-refractivity contribution in [2.24, 2.45) is 5.92 Å². The molecule has 0 saturated carbocycles. The van der Waals surface area contributed by atoms with Gasteiger partial charge in [0.05, 0.1) is 12.8 Å². The van der Waals surface area contributed by atoms with Gasteiger partial charge in [0.2, 0.25) is 5.91 Å². The Morgan fingerprint density at radius 2 is 2.50 bits per heavy atom. The Morgan fingerprint density at radius 3 is 3.11 bits per heavy atom. The molecule has 1 aliphatic carbocycles. The second kappa shape index (κ2) is 6.40. The largest absolute Gasteiger partial charge is 0.467 e. The van der Waals surface area contributed by atoms with E-state index in [1.54, 1.807) is 13.4 Å². The third-order valence-corrected chi connectivity index (χ3v) is 3.25. The molecule has 1 aromatic heterocycles. The van der Waals surface area contributed by atoms with Gasteiger partial charge >= 0.3 is 0 Å². The average Bonchev–Trinajstić information content (AvgIpc) is 2.94. The van der Waals surface area contributed by atoms with Crippen molar-refractivity contribution in [1.82, 2.24) is 5.32 Å². The van der Waals surface area contributed by atoms with Crippen LogP contribution in [0.5, 0.6) is 0 Å². The molecule has 0 fully saturated rings. The maximum atomic E-state index is 12.0. The summed E-state index contributed by atoms with van der Waals surface area (Å²) in [6, 6.07) is 3.67. The number of carbonyl (C=O) groups is 1. The zero-order valence-corrected chi connectivity index (χ0v) is 10.6. The van der Waals surface area contributed by atoms with E-state index >= 15 is 0 Å². The van der Waals surface area contributed by atoms with E-state index in [0.717, 1.165) is 25.0 Å². The molecular weight excluding hydrogens is 230 g/mol. The van der Waals surface area contributed by atoms with Crippen LogP contribution in [0, 0.1) is 5.92 Å². The lowest BCUT2D eigenvalue weighted by Gasteiger charge is -2.19. The number of hydrogen-bond donors (Lipinski definition) is 1. The van der Waals surface area contributed by atoms with Crippen molar-refractivity contribution in [3.63, 3.8) is 0 Å². The van der Waals surface area contributed by atoms with E-state index in [1.165, 1.54) is 0 Å². The molecule has 0 spiro atoms. The zero-order valence-electron chi connectivity index (χ0n) is 10.6. The summed E-state index contributed by atoms with van der Waals surface area (Å²) in [7, 11) is 1.61. The first-order valence-electron chi connectivity index (χ1n) is 6.30. The minimum Gasteiger partial charge on any atom is -0.467 e. The third kappa shape index (κ3) is 3.23. The van der Waals surface area contributed by atoms with Crippen LogP contribution in [0.25, 0.3) is 0 Å². The van der Waals surface area contributed by atoms with Gasteiger partial charge in [-0.05, 0) is 31.4 Å². The first-order valence-corrected chi connectivity index (χ1v) is 6.30. The van der Waals surface area contributed by atoms with Crippen molar-refractivity contribution < 1.29 is 13.9 Å². The molecule has 4 nitrogen and oxygen atoms in total. The number of allylic oxidation sites excluding steroid dienone is 2. The summed E-state index contributed by atoms with van der Waals surface area (Å²) in [6.45, 7) is 0.447. The Hall–Kier alpha value is -1.55. The Kier molecular flexibility index (Phi) is 4.59. The first kappa shape index (κ1) is 12.9. The van der Waals surface area contributed by atoms with Gasteiger partial charge < -0.3 is 14.5 Å². The number of amides is 1. The summed E-state index contributed by atoms with van der Waals surface area (Å²) in [5.74, 6) is 0.943. The maximum Gasteiger partial charge on any atom is 0.223 e. The van der Waals surface area contributed by atoms with Gasteiger partial charge in [0.25, 0.3) is 0 Å². The van der Waals surface area contributed by atoms with Gasteiger partial charge in [0, 0.05) is 13.0 Å². The van der Waals surface area contributed by atoms with Crippen molar-refractivity contribution in [2.75, 3.05) is 13.7 Å². The molecule has 1 heterocycles. The van der Waals surface area contributed by atoms with Gasteiger partial charge in [0.1, 0.15) is 11.9 Å². The maximum absolute atomic E-state index is 12.0. The van der Waals surface area contributed by atoms with Gasteiger partial charge in [0.15, 0.2) is 0 Å². The van der Waals surface area contributed by atoms with Crippen molar-refractivity contribution in [3.05, 3.63) is 36.3 Å². The summed E-state index contributed by atoms with van der Waals surface area (Å²) < 4.78 is 10.6. The summed E-state index contributed by atoms with van der Waals surface area (Å²) in [5, 5.41) is 2.93. The molecule has 0 bridgehead atoms. The predicted octanol–water partition coefficient (Wildman–Crippen LogP) is 2.44. The molecule has 1 aliphatic rings. The molecule has 4 heteroatoms. The molecule has 0 aromatic carbocycles. The SMILES string of the molecule is CO[C@H](CNC(=O)[C@@H]1CC=CCC1)c1ccco1. The number of hydrogen-bond acceptors (Lipinski definition) is 3. The molecule has 0 radical (unpaired) electrons. The van der Waals surface area contributed by atoms with Crippen LogP contribution in [-0.2, 0) is 9.53 Å². The topological polar surface area (TPSA) is 51.5 Å². The molecule has 0 unspecified atom stereocenters. The van der Waals surface area contributed by atoms with Crippen LogP contribution in [-0.4, -0.2) is 19.6 Å².